The summed E-state index contributed by atoms with van der Waals surface area (Å²) in [4.78, 5) is 29.1. The van der Waals surface area contributed by atoms with Crippen LogP contribution in [-0.4, -0.2) is 102 Å². The van der Waals surface area contributed by atoms with Crippen LogP contribution in [0.1, 0.15) is 17.9 Å². The van der Waals surface area contributed by atoms with Gasteiger partial charge >= 0.3 is 11.9 Å². The quantitative estimate of drug-likeness (QED) is 0.390. The number of aliphatic hydroxyl groups is 2. The molecule has 0 bridgehead atoms. The molecule has 2 aromatic carbocycles. The summed E-state index contributed by atoms with van der Waals surface area (Å²) in [6.45, 7) is 5.56. The van der Waals surface area contributed by atoms with Crippen LogP contribution in [0.3, 0.4) is 0 Å². The minimum absolute atomic E-state index is 0.309. The van der Waals surface area contributed by atoms with Gasteiger partial charge in [-0.3, -0.25) is 9.89 Å². The first-order chi connectivity index (χ1) is 18.3. The van der Waals surface area contributed by atoms with Crippen molar-refractivity contribution >= 4 is 29.5 Å². The zero-order valence-corrected chi connectivity index (χ0v) is 20.9. The minimum Gasteiger partial charge on any atom is -0.495 e. The number of benzene rings is 2. The van der Waals surface area contributed by atoms with Crippen LogP contribution in [-0.2, 0) is 9.59 Å². The molecule has 0 aliphatic carbocycles. The van der Waals surface area contributed by atoms with Crippen LogP contribution in [0.2, 0.25) is 0 Å². The maximum absolute atomic E-state index is 9.77. The van der Waals surface area contributed by atoms with E-state index in [0.717, 1.165) is 62.1 Å². The number of carboxylic acids is 2. The van der Waals surface area contributed by atoms with Crippen LogP contribution in [0, 0.1) is 0 Å². The van der Waals surface area contributed by atoms with Crippen LogP contribution in [0.5, 0.6) is 17.2 Å². The van der Waals surface area contributed by atoms with Crippen molar-refractivity contribution in [3.8, 4) is 17.2 Å². The molecule has 3 aliphatic heterocycles. The predicted octanol–water partition coefficient (Wildman–Crippen LogP) is 1.31. The third-order valence-corrected chi connectivity index (χ3v) is 6.67. The maximum Gasteiger partial charge on any atom is 0.335 e. The number of methoxy groups -OCH3 is 1. The number of fused-ring (bicyclic) bond motifs is 2. The normalized spacial score (nSPS) is 19.2. The zero-order chi connectivity index (χ0) is 27.2. The number of rotatable bonds is 8. The Balaban J connectivity index is 0.000000289. The molecule has 1 saturated heterocycles. The van der Waals surface area contributed by atoms with Gasteiger partial charge in [-0.15, -0.1) is 0 Å². The van der Waals surface area contributed by atoms with E-state index in [2.05, 4.69) is 39.2 Å². The van der Waals surface area contributed by atoms with E-state index in [-0.39, 0.29) is 0 Å². The molecule has 204 valence electrons. The molecule has 12 nitrogen and oxygen atoms in total. The molecule has 3 heterocycles. The summed E-state index contributed by atoms with van der Waals surface area (Å²) in [5.74, 6) is -0.571. The first-order valence-corrected chi connectivity index (χ1v) is 12.2. The molecule has 3 aliphatic rings. The molecular weight excluding hydrogens is 498 g/mol. The van der Waals surface area contributed by atoms with Crippen molar-refractivity contribution < 1.29 is 44.2 Å². The van der Waals surface area contributed by atoms with Gasteiger partial charge in [0.15, 0.2) is 23.7 Å². The highest BCUT2D eigenvalue weighted by Gasteiger charge is 2.29. The Labute approximate surface area is 219 Å². The number of aliphatic imine (C=N–C) groups is 1. The van der Waals surface area contributed by atoms with E-state index in [1.165, 1.54) is 11.3 Å². The molecule has 1 fully saturated rings. The molecular formula is C26H31N3O9. The Kier molecular flexibility index (Phi) is 8.66. The molecule has 5 rings (SSSR count). The molecule has 38 heavy (non-hydrogen) atoms. The molecule has 4 N–H and O–H groups in total. The van der Waals surface area contributed by atoms with Crippen molar-refractivity contribution in [3.63, 3.8) is 0 Å². The van der Waals surface area contributed by atoms with Gasteiger partial charge in [-0.25, -0.2) is 9.59 Å². The lowest BCUT2D eigenvalue weighted by Gasteiger charge is -2.36. The van der Waals surface area contributed by atoms with E-state index in [0.29, 0.717) is 12.7 Å². The van der Waals surface area contributed by atoms with Crippen LogP contribution in [0.25, 0.3) is 0 Å². The van der Waals surface area contributed by atoms with E-state index in [9.17, 15) is 9.59 Å². The van der Waals surface area contributed by atoms with Gasteiger partial charge in [0.05, 0.1) is 18.5 Å². The number of para-hydroxylation sites is 2. The van der Waals surface area contributed by atoms with Crippen LogP contribution < -0.4 is 19.1 Å². The average molecular weight is 530 g/mol. The SMILES string of the molecule is COc1ccccc1N1CCN(CCC2C=Nc3cc4c(cc32)OCO4)CC1.O=C(O)[C@@H](O)[C@@H](O)C(=O)O. The summed E-state index contributed by atoms with van der Waals surface area (Å²) in [6.07, 6.45) is -1.38. The van der Waals surface area contributed by atoms with E-state index in [1.807, 2.05) is 18.2 Å². The van der Waals surface area contributed by atoms with Gasteiger partial charge in [-0.05, 0) is 36.7 Å². The number of nitrogens with zero attached hydrogens (tertiary/aromatic N) is 3. The summed E-state index contributed by atoms with van der Waals surface area (Å²) in [6, 6.07) is 12.4. The van der Waals surface area contributed by atoms with Crippen molar-refractivity contribution in [2.45, 2.75) is 24.5 Å². The van der Waals surface area contributed by atoms with E-state index < -0.39 is 24.1 Å². The third kappa shape index (κ3) is 6.15. The highest BCUT2D eigenvalue weighted by Crippen LogP contribution is 2.44. The van der Waals surface area contributed by atoms with Crippen molar-refractivity contribution in [3.05, 3.63) is 42.0 Å². The Bertz CT molecular complexity index is 1160. The zero-order valence-electron chi connectivity index (χ0n) is 20.9. The molecule has 12 heteroatoms. The second-order valence-electron chi connectivity index (χ2n) is 9.00. The lowest BCUT2D eigenvalue weighted by molar-refractivity contribution is -0.165. The summed E-state index contributed by atoms with van der Waals surface area (Å²) >= 11 is 0. The van der Waals surface area contributed by atoms with Crippen LogP contribution in [0.15, 0.2) is 41.4 Å². The van der Waals surface area contributed by atoms with Crippen molar-refractivity contribution in [2.24, 2.45) is 4.99 Å². The molecule has 0 radical (unpaired) electrons. The van der Waals surface area contributed by atoms with Gasteiger partial charge in [-0.2, -0.15) is 0 Å². The molecule has 2 aromatic rings. The van der Waals surface area contributed by atoms with Gasteiger partial charge in [0.2, 0.25) is 6.79 Å². The average Bonchev–Trinajstić information content (AvgIpc) is 3.56. The molecule has 0 aromatic heterocycles. The number of carbonyl (C=O) groups is 2. The summed E-state index contributed by atoms with van der Waals surface area (Å²) < 4.78 is 16.5. The van der Waals surface area contributed by atoms with Gasteiger partial charge in [0.1, 0.15) is 5.75 Å². The van der Waals surface area contributed by atoms with E-state index in [4.69, 9.17) is 34.6 Å². The van der Waals surface area contributed by atoms with Gasteiger partial charge in [-0.1, -0.05) is 12.1 Å². The topological polar surface area (TPSA) is 162 Å². The lowest BCUT2D eigenvalue weighted by Crippen LogP contribution is -2.46. The number of ether oxygens (including phenoxy) is 3. The van der Waals surface area contributed by atoms with Gasteiger partial charge in [0, 0.05) is 44.4 Å². The Morgan fingerprint density at radius 3 is 2.29 bits per heavy atom. The molecule has 0 spiro atoms. The number of carboxylic acid groups (broad SMARTS) is 2. The molecule has 0 saturated carbocycles. The van der Waals surface area contributed by atoms with Crippen molar-refractivity contribution in [1.82, 2.24) is 4.90 Å². The van der Waals surface area contributed by atoms with E-state index >= 15 is 0 Å². The van der Waals surface area contributed by atoms with E-state index in [1.54, 1.807) is 7.11 Å². The summed E-state index contributed by atoms with van der Waals surface area (Å²) in [5, 5.41) is 32.5. The Morgan fingerprint density at radius 2 is 1.66 bits per heavy atom. The standard InChI is InChI=1S/C22H25N3O3.C4H6O6/c1-26-20-5-3-2-4-19(20)25-10-8-24(9-11-25)7-6-16-14-23-18-13-22-21(12-17(16)18)27-15-28-22;5-1(3(7)8)2(6)4(9)10/h2-5,12-14,16H,6-11,15H2,1H3;1-2,5-6H,(H,7,8)(H,9,10)/t;1-,2+. The number of hydrogen-bond donors (Lipinski definition) is 4. The summed E-state index contributed by atoms with van der Waals surface area (Å²) in [7, 11) is 1.74. The molecule has 1 unspecified atom stereocenters. The van der Waals surface area contributed by atoms with Crippen molar-refractivity contribution in [2.75, 3.05) is 51.5 Å². The number of hydrogen-bond acceptors (Lipinski definition) is 10. The highest BCUT2D eigenvalue weighted by molar-refractivity contribution is 5.83. The monoisotopic (exact) mass is 529 g/mol. The number of aliphatic hydroxyl groups excluding tert-OH is 2. The van der Waals surface area contributed by atoms with Crippen molar-refractivity contribution in [1.29, 1.82) is 0 Å². The highest BCUT2D eigenvalue weighted by atomic mass is 16.7. The summed E-state index contributed by atoms with van der Waals surface area (Å²) in [5.41, 5.74) is 3.48. The smallest absolute Gasteiger partial charge is 0.335 e. The minimum atomic E-state index is -2.27. The lowest BCUT2D eigenvalue weighted by atomic mass is 9.97. The number of anilines is 1. The predicted molar refractivity (Wildman–Crippen MR) is 137 cm³/mol. The first kappa shape index (κ1) is 27.2. The van der Waals surface area contributed by atoms with Gasteiger partial charge in [0.25, 0.3) is 0 Å². The Hall–Kier alpha value is -3.87. The largest absolute Gasteiger partial charge is 0.495 e. The fraction of sp³-hybridized carbons (Fsp3) is 0.423. The molecule has 3 atom stereocenters. The van der Waals surface area contributed by atoms with Crippen LogP contribution >= 0.6 is 0 Å². The molecule has 0 amide bonds. The number of piperazine rings is 1. The first-order valence-electron chi connectivity index (χ1n) is 12.2. The van der Waals surface area contributed by atoms with Gasteiger partial charge < -0.3 is 39.5 Å². The fourth-order valence-corrected chi connectivity index (χ4v) is 4.53. The van der Waals surface area contributed by atoms with Crippen LogP contribution in [0.4, 0.5) is 11.4 Å². The Morgan fingerprint density at radius 1 is 1.03 bits per heavy atom. The second-order valence-corrected chi connectivity index (χ2v) is 9.00. The second kappa shape index (κ2) is 12.1. The fourth-order valence-electron chi connectivity index (χ4n) is 4.53. The number of aliphatic carboxylic acids is 2. The maximum atomic E-state index is 9.77. The third-order valence-electron chi connectivity index (χ3n) is 6.67.